The number of nitriles is 1. The molecule has 46 heteroatoms. The van der Waals surface area contributed by atoms with Gasteiger partial charge in [-0.15, -0.1) is 28.3 Å². The molecule has 0 saturated carbocycles. The Morgan fingerprint density at radius 2 is 1.37 bits per heavy atom. The first-order valence-corrected chi connectivity index (χ1v) is 34.8. The zero-order valence-electron chi connectivity index (χ0n) is 51.4. The van der Waals surface area contributed by atoms with Gasteiger partial charge in [0.15, 0.2) is 16.7 Å². The Kier molecular flexibility index (Phi) is 33.0. The number of carbonyl (C=O) groups excluding carboxylic acids is 3. The molecule has 0 fully saturated rings. The van der Waals surface area contributed by atoms with Crippen LogP contribution in [0.25, 0.3) is 5.69 Å². The maximum atomic E-state index is 14.1. The number of sulfonamides is 2. The largest absolute Gasteiger partial charge is 0.506 e. The number of nitrogens with two attached hydrogens (primary N) is 1. The number of pyridine rings is 1. The van der Waals surface area contributed by atoms with Crippen LogP contribution in [0, 0.1) is 38.1 Å². The van der Waals surface area contributed by atoms with Crippen LogP contribution < -0.4 is 45.7 Å². The SMILES string of the molecule is CCOC(=O)c1ccccc1S(=O)(=O)NC(=O)Nc1nc(Cl)cc(OC)n1.COc1nc(C)nc(NC(=O)NS(=O)(=O)c2ccccc2OCCCl)n1.Cc1nn(-c2cc(CC(Cl)C(=O)O)c(Cl)cc2F)c(=O)n1C(F)F.N#Cc1cc(I)c(O)c(I)c1.Nc1c(Cl)c(Cl)nc(C(=O)O)c1Cl. The minimum absolute atomic E-state index is 0.0181. The van der Waals surface area contributed by atoms with E-state index in [2.05, 4.69) is 45.6 Å². The van der Waals surface area contributed by atoms with E-state index in [9.17, 15) is 63.9 Å². The summed E-state index contributed by atoms with van der Waals surface area (Å²) in [5.41, 5.74) is 3.71. The summed E-state index contributed by atoms with van der Waals surface area (Å²) in [6.07, 6.45) is -0.258. The standard InChI is InChI=1S/C15H15ClN4O6S.C14H16ClN5O5S.C13H10Cl2F3N3O3.C7H3I2NO.C6H3Cl3N2O2/c1-3-26-13(21)9-6-4-5-7-10(9)27(23,24)20-15(22)19-14-17-11(16)8-12(18-14)25-2;1-9-16-12(19-14(17-9)24-2)18-13(21)20-26(22,23)11-6-4-3-5-10(11)25-8-7-15;1-5-19-21(13(24)20(5)12(17)18)10-3-6(2-8(15)11(22)23)7(14)4-9(10)16;8-5-1-4(3-10)2-6(9)7(5)11;7-1-3(10)2(8)5(9)11-4(1)6(12)13/h4-8H,3H2,1-2H3,(H2,17,18,19,20,22);3-6H,7-8H2,1-2H3,(H2,16,17,18,19,20,21);3-4,8,12H,2H2,1H3,(H,22,23);1-2,11H;(H2,10,11)(H,12,13). The Balaban J connectivity index is 0.000000277. The quantitative estimate of drug-likeness (QED) is 0.0123. The number of benzene rings is 4. The van der Waals surface area contributed by atoms with Crippen molar-refractivity contribution in [3.8, 4) is 35.1 Å². The van der Waals surface area contributed by atoms with E-state index in [-0.39, 0.29) is 124 Å². The Morgan fingerprint density at radius 3 is 1.90 bits per heavy atom. The van der Waals surface area contributed by atoms with Crippen LogP contribution in [0.4, 0.5) is 40.3 Å². The fraction of sp³-hybridized carbons (Fsp3) is 0.200. The fourth-order valence-corrected chi connectivity index (χ4v) is 12.3. The number of carboxylic acids is 2. The highest BCUT2D eigenvalue weighted by Gasteiger charge is 2.28. The van der Waals surface area contributed by atoms with Gasteiger partial charge in [-0.1, -0.05) is 82.3 Å². The second-order valence-electron chi connectivity index (χ2n) is 18.4. The van der Waals surface area contributed by atoms with Crippen LogP contribution in [0.15, 0.2) is 93.4 Å². The first kappa shape index (κ1) is 85.1. The van der Waals surface area contributed by atoms with Crippen LogP contribution in [-0.4, -0.2) is 145 Å². The van der Waals surface area contributed by atoms with E-state index in [1.807, 2.05) is 56.0 Å². The third-order valence-corrected chi connectivity index (χ3v) is 18.0. The summed E-state index contributed by atoms with van der Waals surface area (Å²) in [4.78, 5) is 91.2. The van der Waals surface area contributed by atoms with Gasteiger partial charge in [-0.2, -0.15) is 38.7 Å². The van der Waals surface area contributed by atoms with Gasteiger partial charge >= 0.3 is 48.2 Å². The number of aromatic carboxylic acids is 1. The van der Waals surface area contributed by atoms with Crippen molar-refractivity contribution in [3.63, 3.8) is 0 Å². The number of hydrogen-bond donors (Lipinski definition) is 8. The molecule has 4 amide bonds. The van der Waals surface area contributed by atoms with Gasteiger partial charge in [0.25, 0.3) is 20.0 Å². The Labute approximate surface area is 631 Å². The molecule has 0 spiro atoms. The molecule has 9 N–H and O–H groups in total. The number of amides is 4. The first-order valence-electron chi connectivity index (χ1n) is 26.8. The normalized spacial score (nSPS) is 11.0. The number of urea groups is 2. The molecule has 1 unspecified atom stereocenters. The third-order valence-electron chi connectivity index (χ3n) is 11.4. The van der Waals surface area contributed by atoms with Gasteiger partial charge in [-0.3, -0.25) is 15.4 Å². The third kappa shape index (κ3) is 24.7. The number of carbonyl (C=O) groups is 5. The molecule has 8 aromatic rings. The van der Waals surface area contributed by atoms with Gasteiger partial charge in [0.05, 0.1) is 61.8 Å². The second-order valence-corrected chi connectivity index (χ2v) is 26.8. The van der Waals surface area contributed by atoms with Crippen molar-refractivity contribution in [3.05, 3.63) is 162 Å². The predicted octanol–water partition coefficient (Wildman–Crippen LogP) is 10.7. The highest BCUT2D eigenvalue weighted by Crippen LogP contribution is 2.35. The number of esters is 1. The summed E-state index contributed by atoms with van der Waals surface area (Å²) >= 11 is 43.4. The summed E-state index contributed by atoms with van der Waals surface area (Å²) in [7, 11) is -5.90. The van der Waals surface area contributed by atoms with E-state index in [1.54, 1.807) is 36.8 Å². The van der Waals surface area contributed by atoms with Crippen LogP contribution in [0.5, 0.6) is 23.4 Å². The number of aromatic nitrogens is 9. The van der Waals surface area contributed by atoms with E-state index in [0.717, 1.165) is 19.1 Å². The maximum Gasteiger partial charge on any atom is 0.356 e. The molecule has 101 heavy (non-hydrogen) atoms. The highest BCUT2D eigenvalue weighted by molar-refractivity contribution is 14.1. The van der Waals surface area contributed by atoms with Crippen molar-refractivity contribution in [2.45, 2.75) is 48.9 Å². The van der Waals surface area contributed by atoms with Crippen molar-refractivity contribution >= 4 is 194 Å². The lowest BCUT2D eigenvalue weighted by atomic mass is 10.1. The number of phenols is 1. The van der Waals surface area contributed by atoms with Crippen molar-refractivity contribution in [1.29, 1.82) is 5.26 Å². The predicted molar refractivity (Wildman–Crippen MR) is 377 cm³/mol. The van der Waals surface area contributed by atoms with E-state index in [4.69, 9.17) is 121 Å². The molecule has 0 aliphatic carbocycles. The van der Waals surface area contributed by atoms with Crippen LogP contribution in [0.2, 0.25) is 25.4 Å². The van der Waals surface area contributed by atoms with Gasteiger partial charge in [-0.05, 0) is 120 Å². The number of aliphatic carboxylic acids is 1. The number of nitrogens with one attached hydrogen (secondary N) is 4. The van der Waals surface area contributed by atoms with Gasteiger partial charge in [0.1, 0.15) is 60.8 Å². The minimum atomic E-state index is -4.38. The number of methoxy groups -OCH3 is 2. The fourth-order valence-electron chi connectivity index (χ4n) is 7.13. The number of rotatable bonds is 19. The van der Waals surface area contributed by atoms with Crippen molar-refractivity contribution in [1.82, 2.24) is 53.7 Å². The van der Waals surface area contributed by atoms with E-state index < -0.39 is 89.7 Å². The molecule has 540 valence electrons. The summed E-state index contributed by atoms with van der Waals surface area (Å²) in [6, 6.07) is 17.5. The van der Waals surface area contributed by atoms with E-state index in [1.165, 1.54) is 62.8 Å². The summed E-state index contributed by atoms with van der Waals surface area (Å²) in [6.45, 7) is 1.35. The van der Waals surface area contributed by atoms with Crippen LogP contribution >= 0.6 is 126 Å². The van der Waals surface area contributed by atoms with Gasteiger partial charge < -0.3 is 40.0 Å². The molecule has 4 aromatic heterocycles. The number of para-hydroxylation sites is 1. The molecule has 1 atom stereocenters. The molecule has 32 nitrogen and oxygen atoms in total. The number of phenolic OH excluding ortho intramolecular Hbond substituents is 1. The highest BCUT2D eigenvalue weighted by atomic mass is 127. The van der Waals surface area contributed by atoms with Crippen molar-refractivity contribution < 1.29 is 88.2 Å². The number of halogens is 12. The lowest BCUT2D eigenvalue weighted by molar-refractivity contribution is -0.136. The Hall–Kier alpha value is -8.32. The van der Waals surface area contributed by atoms with E-state index in [0.29, 0.717) is 17.4 Å². The number of hydrogen-bond acceptors (Lipinski definition) is 24. The molecule has 0 radical (unpaired) electrons. The summed E-state index contributed by atoms with van der Waals surface area (Å²) in [5.74, 6) is -4.31. The molecule has 0 aliphatic rings. The summed E-state index contributed by atoms with van der Waals surface area (Å²) in [5, 5.41) is 41.3. The van der Waals surface area contributed by atoms with Gasteiger partial charge in [-0.25, -0.2) is 69.2 Å². The first-order chi connectivity index (χ1) is 47.3. The number of aryl methyl sites for hydroxylation is 2. The molecular formula is C55H47Cl7F3I2N15O17S2. The van der Waals surface area contributed by atoms with Crippen LogP contribution in [-0.2, 0) is 36.0 Å². The van der Waals surface area contributed by atoms with Crippen LogP contribution in [0.3, 0.4) is 0 Å². The summed E-state index contributed by atoms with van der Waals surface area (Å²) < 4.78 is 115. The van der Waals surface area contributed by atoms with Crippen molar-refractivity contribution in [2.24, 2.45) is 0 Å². The average Bonchev–Trinajstić information content (AvgIpc) is 1.70. The molecule has 8 rings (SSSR count). The number of anilines is 3. The van der Waals surface area contributed by atoms with Crippen LogP contribution in [0.1, 0.15) is 57.1 Å². The maximum absolute atomic E-state index is 14.1. The lowest BCUT2D eigenvalue weighted by Crippen LogP contribution is -2.35. The Morgan fingerprint density at radius 1 is 0.792 bits per heavy atom. The average molecular weight is 1810 g/mol. The monoisotopic (exact) mass is 1810 g/mol. The van der Waals surface area contributed by atoms with Gasteiger partial charge in [0.2, 0.25) is 17.8 Å². The number of ether oxygens (including phenoxy) is 4. The lowest BCUT2D eigenvalue weighted by Gasteiger charge is -2.12. The number of nitrogens with zero attached hydrogens (tertiary/aromatic N) is 10. The number of nitrogen functional groups attached to an aromatic ring is 1. The number of carboxylic acid groups (broad SMARTS) is 2. The molecule has 0 aliphatic heterocycles. The topological polar surface area (TPSA) is 466 Å². The second kappa shape index (κ2) is 39.2. The number of alkyl halides is 4. The number of aromatic hydroxyl groups is 1. The van der Waals surface area contributed by atoms with Gasteiger partial charge in [0, 0.05) is 17.5 Å². The van der Waals surface area contributed by atoms with E-state index >= 15 is 0 Å². The molecule has 0 bridgehead atoms. The smallest absolute Gasteiger partial charge is 0.356 e. The molecular weight excluding hydrogens is 1770 g/mol. The Bertz CT molecular complexity index is 4730. The molecule has 4 heterocycles. The zero-order valence-corrected chi connectivity index (χ0v) is 62.7. The molecule has 4 aromatic carbocycles. The van der Waals surface area contributed by atoms with Crippen molar-refractivity contribution in [2.75, 3.05) is 49.7 Å². The zero-order chi connectivity index (χ0) is 76.0. The molecule has 0 saturated heterocycles. The minimum Gasteiger partial charge on any atom is -0.506 e.